The highest BCUT2D eigenvalue weighted by atomic mass is 32.1. The summed E-state index contributed by atoms with van der Waals surface area (Å²) in [7, 11) is 3.05. The number of hydrogen-bond acceptors (Lipinski definition) is 9. The Balaban J connectivity index is 1.72. The Morgan fingerprint density at radius 2 is 1.94 bits per heavy atom. The quantitative estimate of drug-likeness (QED) is 0.523. The maximum Gasteiger partial charge on any atom is 0.290 e. The van der Waals surface area contributed by atoms with Gasteiger partial charge in [-0.1, -0.05) is 12.1 Å². The number of ketones is 1. The fourth-order valence-corrected chi connectivity index (χ4v) is 5.59. The molecule has 2 aliphatic heterocycles. The van der Waals surface area contributed by atoms with Gasteiger partial charge in [-0.3, -0.25) is 14.5 Å². The summed E-state index contributed by atoms with van der Waals surface area (Å²) in [6, 6.07) is 4.52. The van der Waals surface area contributed by atoms with Crippen molar-refractivity contribution in [3.05, 3.63) is 50.7 Å². The highest BCUT2D eigenvalue weighted by Crippen LogP contribution is 2.45. The Bertz CT molecular complexity index is 1140. The Morgan fingerprint density at radius 1 is 1.20 bits per heavy atom. The summed E-state index contributed by atoms with van der Waals surface area (Å²) in [6.45, 7) is 7.81. The van der Waals surface area contributed by atoms with Crippen LogP contribution in [-0.2, 0) is 9.53 Å². The number of carbonyl (C=O) groups excluding carboxylic acids is 2. The lowest BCUT2D eigenvalue weighted by Gasteiger charge is -2.30. The first-order chi connectivity index (χ1) is 16.9. The minimum Gasteiger partial charge on any atom is -0.503 e. The van der Waals surface area contributed by atoms with E-state index in [1.165, 1.54) is 25.6 Å². The molecule has 1 saturated heterocycles. The van der Waals surface area contributed by atoms with Crippen molar-refractivity contribution in [2.75, 3.05) is 53.6 Å². The maximum absolute atomic E-state index is 13.7. The van der Waals surface area contributed by atoms with Gasteiger partial charge >= 0.3 is 0 Å². The second-order valence-corrected chi connectivity index (χ2v) is 9.73. The van der Waals surface area contributed by atoms with Crippen LogP contribution >= 0.6 is 11.3 Å². The van der Waals surface area contributed by atoms with Gasteiger partial charge in [0.2, 0.25) is 5.78 Å². The van der Waals surface area contributed by atoms with Crippen molar-refractivity contribution in [2.24, 2.45) is 0 Å². The lowest BCUT2D eigenvalue weighted by Crippen LogP contribution is -2.39. The highest BCUT2D eigenvalue weighted by molar-refractivity contribution is 7.14. The van der Waals surface area contributed by atoms with Crippen molar-refractivity contribution >= 4 is 23.0 Å². The van der Waals surface area contributed by atoms with Crippen molar-refractivity contribution in [1.82, 2.24) is 14.8 Å². The molecule has 3 heterocycles. The first-order valence-electron chi connectivity index (χ1n) is 11.6. The molecular weight excluding hydrogens is 470 g/mol. The highest BCUT2D eigenvalue weighted by Gasteiger charge is 2.45. The molecule has 0 radical (unpaired) electrons. The fourth-order valence-electron chi connectivity index (χ4n) is 4.72. The zero-order valence-corrected chi connectivity index (χ0v) is 21.3. The van der Waals surface area contributed by atoms with Gasteiger partial charge in [-0.2, -0.15) is 0 Å². The molecule has 1 aromatic carbocycles. The molecule has 0 bridgehead atoms. The molecule has 188 valence electrons. The number of Topliss-reactive ketones (excluding diaryl/α,β-unsaturated/α-hetero) is 1. The number of carbonyl (C=O) groups is 2. The van der Waals surface area contributed by atoms with E-state index < -0.39 is 23.5 Å². The standard InChI is InChI=1S/C25H31N3O6S/c1-15-24(35-16(2)26-15)21(29)19-20(17-7-5-8-18(32-3)23(17)33-4)28(25(31)22(19)30)10-6-9-27-11-13-34-14-12-27/h5,7-8,20,30H,6,9-14H2,1-4H3/t20-/m1/s1. The third kappa shape index (κ3) is 4.91. The Hall–Kier alpha value is -2.95. The van der Waals surface area contributed by atoms with Gasteiger partial charge in [-0.15, -0.1) is 11.3 Å². The van der Waals surface area contributed by atoms with Crippen LogP contribution in [0.25, 0.3) is 0 Å². The van der Waals surface area contributed by atoms with Crippen LogP contribution in [0.2, 0.25) is 0 Å². The molecule has 10 heteroatoms. The molecule has 1 N–H and O–H groups in total. The van der Waals surface area contributed by atoms with E-state index >= 15 is 0 Å². The van der Waals surface area contributed by atoms with E-state index in [-0.39, 0.29) is 5.57 Å². The predicted molar refractivity (Wildman–Crippen MR) is 131 cm³/mol. The molecule has 0 aliphatic carbocycles. The topological polar surface area (TPSA) is 101 Å². The van der Waals surface area contributed by atoms with Crippen molar-refractivity contribution in [2.45, 2.75) is 26.3 Å². The Labute approximate surface area is 208 Å². The summed E-state index contributed by atoms with van der Waals surface area (Å²) >= 11 is 1.26. The van der Waals surface area contributed by atoms with Gasteiger partial charge in [0.25, 0.3) is 5.91 Å². The minimum absolute atomic E-state index is 0.0414. The molecule has 1 atom stereocenters. The first kappa shape index (κ1) is 25.2. The molecule has 35 heavy (non-hydrogen) atoms. The van der Waals surface area contributed by atoms with Crippen LogP contribution in [0, 0.1) is 13.8 Å². The van der Waals surface area contributed by atoms with E-state index in [0.29, 0.717) is 53.8 Å². The monoisotopic (exact) mass is 501 g/mol. The maximum atomic E-state index is 13.7. The SMILES string of the molecule is COc1cccc([C@@H]2C(C(=O)c3sc(C)nc3C)=C(O)C(=O)N2CCCN2CCOCC2)c1OC. The largest absolute Gasteiger partial charge is 0.503 e. The second kappa shape index (κ2) is 10.8. The number of aliphatic hydroxyl groups excluding tert-OH is 1. The zero-order chi connectivity index (χ0) is 25.1. The molecule has 0 saturated carbocycles. The lowest BCUT2D eigenvalue weighted by molar-refractivity contribution is -0.129. The van der Waals surface area contributed by atoms with Crippen molar-refractivity contribution in [3.63, 3.8) is 0 Å². The van der Waals surface area contributed by atoms with E-state index in [4.69, 9.17) is 14.2 Å². The smallest absolute Gasteiger partial charge is 0.290 e. The van der Waals surface area contributed by atoms with Crippen LogP contribution in [0.4, 0.5) is 0 Å². The minimum atomic E-state index is -0.813. The van der Waals surface area contributed by atoms with E-state index in [1.54, 1.807) is 30.0 Å². The van der Waals surface area contributed by atoms with Gasteiger partial charge in [0, 0.05) is 31.7 Å². The number of benzene rings is 1. The van der Waals surface area contributed by atoms with Crippen LogP contribution in [0.15, 0.2) is 29.5 Å². The number of aromatic nitrogens is 1. The Morgan fingerprint density at radius 3 is 2.57 bits per heavy atom. The average molecular weight is 502 g/mol. The fraction of sp³-hybridized carbons (Fsp3) is 0.480. The molecular formula is C25H31N3O6S. The number of rotatable bonds is 9. The molecule has 2 aromatic rings. The van der Waals surface area contributed by atoms with Crippen LogP contribution < -0.4 is 9.47 Å². The van der Waals surface area contributed by atoms with Gasteiger partial charge in [-0.25, -0.2) is 4.98 Å². The van der Waals surface area contributed by atoms with E-state index in [1.807, 2.05) is 6.92 Å². The average Bonchev–Trinajstić information content (AvgIpc) is 3.33. The normalized spacial score (nSPS) is 18.9. The number of amides is 1. The number of morpholine rings is 1. The second-order valence-electron chi connectivity index (χ2n) is 8.53. The molecule has 1 amide bonds. The zero-order valence-electron chi connectivity index (χ0n) is 20.5. The predicted octanol–water partition coefficient (Wildman–Crippen LogP) is 3.08. The van der Waals surface area contributed by atoms with Crippen LogP contribution in [-0.4, -0.2) is 85.2 Å². The third-order valence-corrected chi connectivity index (χ3v) is 7.43. The molecule has 9 nitrogen and oxygen atoms in total. The molecule has 0 unspecified atom stereocenters. The van der Waals surface area contributed by atoms with Gasteiger partial charge in [-0.05, 0) is 26.3 Å². The molecule has 1 aromatic heterocycles. The summed E-state index contributed by atoms with van der Waals surface area (Å²) in [5.41, 5.74) is 1.20. The summed E-state index contributed by atoms with van der Waals surface area (Å²) in [5, 5.41) is 11.7. The number of methoxy groups -OCH3 is 2. The summed E-state index contributed by atoms with van der Waals surface area (Å²) in [6.07, 6.45) is 0.683. The van der Waals surface area contributed by atoms with Crippen molar-refractivity contribution in [1.29, 1.82) is 0 Å². The van der Waals surface area contributed by atoms with Crippen LogP contribution in [0.1, 0.15) is 38.4 Å². The van der Waals surface area contributed by atoms with Crippen molar-refractivity contribution in [3.8, 4) is 11.5 Å². The number of aliphatic hydroxyl groups is 1. The van der Waals surface area contributed by atoms with Crippen molar-refractivity contribution < 1.29 is 28.9 Å². The van der Waals surface area contributed by atoms with Gasteiger partial charge < -0.3 is 24.2 Å². The number of thiazole rings is 1. The first-order valence-corrected chi connectivity index (χ1v) is 12.4. The van der Waals surface area contributed by atoms with Gasteiger partial charge in [0.05, 0.1) is 54.6 Å². The van der Waals surface area contributed by atoms with Gasteiger partial charge in [0.15, 0.2) is 17.3 Å². The third-order valence-electron chi connectivity index (χ3n) is 6.36. The van der Waals surface area contributed by atoms with E-state index in [0.717, 1.165) is 24.6 Å². The summed E-state index contributed by atoms with van der Waals surface area (Å²) in [5.74, 6) is -0.591. The Kier molecular flexibility index (Phi) is 7.73. The van der Waals surface area contributed by atoms with Crippen LogP contribution in [0.5, 0.6) is 11.5 Å². The summed E-state index contributed by atoms with van der Waals surface area (Å²) < 4.78 is 16.5. The number of ether oxygens (including phenoxy) is 3. The molecule has 1 fully saturated rings. The van der Waals surface area contributed by atoms with E-state index in [2.05, 4.69) is 9.88 Å². The van der Waals surface area contributed by atoms with Gasteiger partial charge in [0.1, 0.15) is 0 Å². The number of hydrogen-bond donors (Lipinski definition) is 1. The lowest BCUT2D eigenvalue weighted by atomic mass is 9.94. The molecule has 4 rings (SSSR count). The molecule has 2 aliphatic rings. The number of para-hydroxylation sites is 1. The van der Waals surface area contributed by atoms with E-state index in [9.17, 15) is 14.7 Å². The number of aryl methyl sites for hydroxylation is 2. The summed E-state index contributed by atoms with van der Waals surface area (Å²) in [4.78, 5) is 35.7. The van der Waals surface area contributed by atoms with Crippen LogP contribution in [0.3, 0.4) is 0 Å². The number of nitrogens with zero attached hydrogens (tertiary/aromatic N) is 3. The molecule has 0 spiro atoms.